The molecule has 2 saturated heterocycles. The molecule has 0 amide bonds. The Labute approximate surface area is 299 Å². The summed E-state index contributed by atoms with van der Waals surface area (Å²) in [7, 11) is 0. The van der Waals surface area contributed by atoms with E-state index in [1.54, 1.807) is 6.20 Å². The fourth-order valence-corrected chi connectivity index (χ4v) is 6.34. The van der Waals surface area contributed by atoms with Gasteiger partial charge in [-0.2, -0.15) is 18.3 Å². The Balaban J connectivity index is 0.000000604. The minimum atomic E-state index is -5.08. The van der Waals surface area contributed by atoms with Crippen LogP contribution in [-0.2, 0) is 11.3 Å². The number of aliphatic carboxylic acids is 1. The van der Waals surface area contributed by atoms with Crippen LogP contribution in [0.3, 0.4) is 0 Å². The Bertz CT molecular complexity index is 1880. The summed E-state index contributed by atoms with van der Waals surface area (Å²) in [4.78, 5) is 35.0. The summed E-state index contributed by atoms with van der Waals surface area (Å²) < 4.78 is 31.7. The largest absolute Gasteiger partial charge is 0.490 e. The van der Waals surface area contributed by atoms with Gasteiger partial charge in [-0.15, -0.1) is 0 Å². The average Bonchev–Trinajstić information content (AvgIpc) is 3.67. The third kappa shape index (κ3) is 9.34. The second-order valence-corrected chi connectivity index (χ2v) is 12.7. The molecule has 0 aliphatic carbocycles. The van der Waals surface area contributed by atoms with Gasteiger partial charge in [-0.1, -0.05) is 60.7 Å². The van der Waals surface area contributed by atoms with Gasteiger partial charge in [0.2, 0.25) is 5.95 Å². The van der Waals surface area contributed by atoms with Crippen LogP contribution < -0.4 is 4.90 Å². The monoisotopic (exact) mass is 715 g/mol. The lowest BCUT2D eigenvalue weighted by molar-refractivity contribution is -0.192. The molecule has 0 unspecified atom stereocenters. The number of nitrogens with one attached hydrogen (secondary N) is 1. The predicted molar refractivity (Wildman–Crippen MR) is 189 cm³/mol. The van der Waals surface area contributed by atoms with E-state index in [0.29, 0.717) is 18.3 Å². The number of rotatable bonds is 9. The van der Waals surface area contributed by atoms with Crippen molar-refractivity contribution in [2.75, 3.05) is 57.3 Å². The maximum atomic E-state index is 10.6. The molecule has 2 fully saturated rings. The number of hydrogen-bond donors (Lipinski definition) is 3. The molecule has 3 N–H and O–H groups in total. The van der Waals surface area contributed by atoms with Gasteiger partial charge in [0.15, 0.2) is 5.82 Å². The number of carboxylic acids is 1. The molecule has 0 spiro atoms. The van der Waals surface area contributed by atoms with Gasteiger partial charge in [-0.05, 0) is 49.2 Å². The standard InChI is InChI=1S/C35H39N9O.C2HF3O2/c45-23-22-42-18-20-44(21-19-42)35-37-24-30(27-6-2-1-3-7-27)32(38-35)28-11-9-26(10-12-28)25-43-16-13-29(14-17-43)33-39-34(41-40-33)31-8-4-5-15-36-31;3-2(4,5)1(6)7/h1-12,15,24,29,45H,13-14,16-23,25H2,(H,39,40,41);(H,6,7). The number of aromatic amines is 1. The molecule has 3 aromatic heterocycles. The zero-order chi connectivity index (χ0) is 36.5. The van der Waals surface area contributed by atoms with Crippen LogP contribution in [0.1, 0.15) is 30.1 Å². The number of aromatic nitrogens is 6. The highest BCUT2D eigenvalue weighted by molar-refractivity contribution is 5.81. The lowest BCUT2D eigenvalue weighted by atomic mass is 9.95. The van der Waals surface area contributed by atoms with Crippen molar-refractivity contribution < 1.29 is 28.2 Å². The Hall–Kier alpha value is -5.25. The van der Waals surface area contributed by atoms with Gasteiger partial charge in [0, 0.05) is 68.7 Å². The SMILES string of the molecule is O=C(O)C(F)(F)F.OCCN1CCN(c2ncc(-c3ccccc3)c(-c3ccc(CN4CCC(c5nc(-c6ccccn6)n[nH]5)CC4)cc3)n2)CC1. The number of anilines is 1. The summed E-state index contributed by atoms with van der Waals surface area (Å²) in [6.07, 6.45) is 0.757. The number of H-pyrrole nitrogens is 1. The van der Waals surface area contributed by atoms with Crippen molar-refractivity contribution in [3.05, 3.63) is 96.6 Å². The molecule has 0 atom stereocenters. The number of piperazine rings is 1. The fourth-order valence-electron chi connectivity index (χ4n) is 6.34. The number of nitrogens with zero attached hydrogens (tertiary/aromatic N) is 8. The molecule has 0 saturated carbocycles. The molecule has 272 valence electrons. The van der Waals surface area contributed by atoms with Gasteiger partial charge in [0.05, 0.1) is 12.3 Å². The number of carbonyl (C=O) groups is 1. The number of hydrogen-bond acceptors (Lipinski definition) is 10. The number of aliphatic hydroxyl groups is 1. The molecule has 15 heteroatoms. The van der Waals surface area contributed by atoms with E-state index in [1.807, 2.05) is 30.5 Å². The van der Waals surface area contributed by atoms with Gasteiger partial charge in [-0.25, -0.2) is 19.7 Å². The summed E-state index contributed by atoms with van der Waals surface area (Å²) in [6.45, 7) is 7.36. The van der Waals surface area contributed by atoms with E-state index in [1.165, 1.54) is 5.56 Å². The van der Waals surface area contributed by atoms with Crippen LogP contribution in [-0.4, -0.2) is 115 Å². The number of halogens is 3. The number of alkyl halides is 3. The first-order valence-electron chi connectivity index (χ1n) is 17.1. The van der Waals surface area contributed by atoms with E-state index in [9.17, 15) is 18.3 Å². The number of β-amino-alcohol motifs (C(OH)–C–C–N with tert-alkyl or cyclic N) is 1. The molecule has 12 nitrogen and oxygen atoms in total. The summed E-state index contributed by atoms with van der Waals surface area (Å²) in [5, 5.41) is 24.0. The normalized spacial score (nSPS) is 16.0. The predicted octanol–water partition coefficient (Wildman–Crippen LogP) is 5.12. The maximum absolute atomic E-state index is 10.6. The molecule has 7 rings (SSSR count). The van der Waals surface area contributed by atoms with E-state index in [-0.39, 0.29) is 6.61 Å². The Morgan fingerprint density at radius 3 is 2.15 bits per heavy atom. The van der Waals surface area contributed by atoms with E-state index in [0.717, 1.165) is 98.5 Å². The Morgan fingerprint density at radius 2 is 1.52 bits per heavy atom. The molecular weight excluding hydrogens is 675 g/mol. The lowest BCUT2D eigenvalue weighted by Gasteiger charge is -2.34. The number of benzene rings is 2. The van der Waals surface area contributed by atoms with E-state index >= 15 is 0 Å². The molecule has 5 heterocycles. The second-order valence-electron chi connectivity index (χ2n) is 12.7. The first-order chi connectivity index (χ1) is 25.2. The molecule has 2 aliphatic rings. The van der Waals surface area contributed by atoms with Gasteiger partial charge in [-0.3, -0.25) is 19.9 Å². The molecule has 5 aromatic rings. The van der Waals surface area contributed by atoms with Crippen molar-refractivity contribution in [2.24, 2.45) is 0 Å². The van der Waals surface area contributed by atoms with E-state index in [2.05, 4.69) is 78.4 Å². The molecule has 52 heavy (non-hydrogen) atoms. The number of pyridine rings is 1. The van der Waals surface area contributed by atoms with Crippen molar-refractivity contribution in [2.45, 2.75) is 31.5 Å². The van der Waals surface area contributed by atoms with E-state index in [4.69, 9.17) is 24.9 Å². The zero-order valence-corrected chi connectivity index (χ0v) is 28.5. The van der Waals surface area contributed by atoms with Gasteiger partial charge >= 0.3 is 12.1 Å². The highest BCUT2D eigenvalue weighted by atomic mass is 19.4. The van der Waals surface area contributed by atoms with E-state index < -0.39 is 12.1 Å². The first-order valence-corrected chi connectivity index (χ1v) is 17.1. The minimum Gasteiger partial charge on any atom is -0.475 e. The smallest absolute Gasteiger partial charge is 0.475 e. The third-order valence-electron chi connectivity index (χ3n) is 9.18. The molecule has 0 radical (unpaired) electrons. The average molecular weight is 716 g/mol. The lowest BCUT2D eigenvalue weighted by Crippen LogP contribution is -2.47. The quantitative estimate of drug-likeness (QED) is 0.187. The minimum absolute atomic E-state index is 0.192. The molecular formula is C37H40F3N9O3. The molecule has 2 aliphatic heterocycles. The number of piperidine rings is 1. The highest BCUT2D eigenvalue weighted by Crippen LogP contribution is 2.33. The Kier molecular flexibility index (Phi) is 11.8. The number of carboxylic acid groups (broad SMARTS) is 1. The van der Waals surface area contributed by atoms with Crippen LogP contribution in [0.2, 0.25) is 0 Å². The summed E-state index contributed by atoms with van der Waals surface area (Å²) in [5.41, 5.74) is 6.28. The van der Waals surface area contributed by atoms with Gasteiger partial charge in [0.25, 0.3) is 0 Å². The van der Waals surface area contributed by atoms with Gasteiger partial charge in [0.1, 0.15) is 11.5 Å². The fraction of sp³-hybridized carbons (Fsp3) is 0.351. The van der Waals surface area contributed by atoms with Crippen LogP contribution in [0.5, 0.6) is 0 Å². The molecule has 0 bridgehead atoms. The maximum Gasteiger partial charge on any atom is 0.490 e. The third-order valence-corrected chi connectivity index (χ3v) is 9.18. The first kappa shape index (κ1) is 36.5. The zero-order valence-electron chi connectivity index (χ0n) is 28.5. The second kappa shape index (κ2) is 16.8. The highest BCUT2D eigenvalue weighted by Gasteiger charge is 2.38. The van der Waals surface area contributed by atoms with Crippen molar-refractivity contribution in [1.29, 1.82) is 0 Å². The van der Waals surface area contributed by atoms with Crippen LogP contribution >= 0.6 is 0 Å². The van der Waals surface area contributed by atoms with Gasteiger partial charge < -0.3 is 15.1 Å². The van der Waals surface area contributed by atoms with Crippen molar-refractivity contribution in [3.63, 3.8) is 0 Å². The summed E-state index contributed by atoms with van der Waals surface area (Å²) >= 11 is 0. The van der Waals surface area contributed by atoms with Crippen LogP contribution in [0.4, 0.5) is 19.1 Å². The topological polar surface area (TPSA) is 147 Å². The number of likely N-dealkylation sites (tertiary alicyclic amines) is 1. The molecule has 2 aromatic carbocycles. The van der Waals surface area contributed by atoms with Crippen LogP contribution in [0, 0.1) is 0 Å². The number of aliphatic hydroxyl groups excluding tert-OH is 1. The van der Waals surface area contributed by atoms with Crippen molar-refractivity contribution in [1.82, 2.24) is 39.9 Å². The summed E-state index contributed by atoms with van der Waals surface area (Å²) in [5.74, 6) is 0.0198. The van der Waals surface area contributed by atoms with Crippen molar-refractivity contribution in [3.8, 4) is 33.9 Å². The van der Waals surface area contributed by atoms with Crippen molar-refractivity contribution >= 4 is 11.9 Å². The summed E-state index contributed by atoms with van der Waals surface area (Å²) in [6, 6.07) is 25.1. The van der Waals surface area contributed by atoms with Crippen LogP contribution in [0.15, 0.2) is 85.2 Å². The Morgan fingerprint density at radius 1 is 0.827 bits per heavy atom. The van der Waals surface area contributed by atoms with Crippen LogP contribution in [0.25, 0.3) is 33.9 Å².